The molecule has 19 heavy (non-hydrogen) atoms. The van der Waals surface area contributed by atoms with Crippen molar-refractivity contribution in [2.45, 2.75) is 50.2 Å². The smallest absolute Gasteiger partial charge is 0.138 e. The summed E-state index contributed by atoms with van der Waals surface area (Å²) in [4.78, 5) is 0. The van der Waals surface area contributed by atoms with Crippen molar-refractivity contribution in [3.05, 3.63) is 29.0 Å². The summed E-state index contributed by atoms with van der Waals surface area (Å²) in [5, 5.41) is 3.88. The summed E-state index contributed by atoms with van der Waals surface area (Å²) >= 11 is 6.03. The van der Waals surface area contributed by atoms with Gasteiger partial charge in [-0.3, -0.25) is 0 Å². The van der Waals surface area contributed by atoms with Gasteiger partial charge in [0.25, 0.3) is 0 Å². The van der Waals surface area contributed by atoms with Gasteiger partial charge >= 0.3 is 0 Å². The average Bonchev–Trinajstić information content (AvgIpc) is 3.13. The van der Waals surface area contributed by atoms with Crippen LogP contribution in [0.4, 0.5) is 4.39 Å². The molecular weight excluding hydrogens is 265 g/mol. The van der Waals surface area contributed by atoms with E-state index in [0.29, 0.717) is 10.8 Å². The Balaban J connectivity index is 1.60. The zero-order valence-corrected chi connectivity index (χ0v) is 11.7. The lowest BCUT2D eigenvalue weighted by Gasteiger charge is -2.42. The van der Waals surface area contributed by atoms with Gasteiger partial charge in [0.2, 0.25) is 0 Å². The van der Waals surface area contributed by atoms with E-state index in [-0.39, 0.29) is 11.4 Å². The van der Waals surface area contributed by atoms with Gasteiger partial charge in [0.05, 0.1) is 5.02 Å². The zero-order chi connectivity index (χ0) is 13.3. The van der Waals surface area contributed by atoms with Crippen LogP contribution in [0, 0.1) is 5.82 Å². The Labute approximate surface area is 118 Å². The molecule has 3 rings (SSSR count). The first-order valence-electron chi connectivity index (χ1n) is 7.04. The van der Waals surface area contributed by atoms with Gasteiger partial charge in [-0.1, -0.05) is 11.6 Å². The lowest BCUT2D eigenvalue weighted by molar-refractivity contribution is -0.0142. The van der Waals surface area contributed by atoms with E-state index < -0.39 is 0 Å². The highest BCUT2D eigenvalue weighted by molar-refractivity contribution is 6.32. The molecule has 0 aromatic heterocycles. The highest BCUT2D eigenvalue weighted by atomic mass is 35.5. The van der Waals surface area contributed by atoms with Crippen LogP contribution in [0.2, 0.25) is 5.02 Å². The van der Waals surface area contributed by atoms with Crippen LogP contribution in [0.3, 0.4) is 0 Å². The summed E-state index contributed by atoms with van der Waals surface area (Å²) in [5.74, 6) is 0.282. The number of halogens is 2. The average molecular weight is 284 g/mol. The summed E-state index contributed by atoms with van der Waals surface area (Å²) in [6.07, 6.45) is 6.93. The second-order valence-electron chi connectivity index (χ2n) is 5.69. The van der Waals surface area contributed by atoms with Gasteiger partial charge in [-0.05, 0) is 63.3 Å². The molecule has 2 aliphatic rings. The summed E-state index contributed by atoms with van der Waals surface area (Å²) in [6.45, 7) is 0.990. The molecule has 0 radical (unpaired) electrons. The lowest BCUT2D eigenvalue weighted by Crippen LogP contribution is -2.45. The molecule has 0 bridgehead atoms. The Morgan fingerprint density at radius 1 is 1.37 bits per heavy atom. The molecule has 0 saturated heterocycles. The number of hydrogen-bond donors (Lipinski definition) is 1. The van der Waals surface area contributed by atoms with Gasteiger partial charge < -0.3 is 10.1 Å². The maximum Gasteiger partial charge on any atom is 0.138 e. The van der Waals surface area contributed by atoms with Crippen molar-refractivity contribution in [2.24, 2.45) is 0 Å². The third-order valence-electron chi connectivity index (χ3n) is 4.08. The van der Waals surface area contributed by atoms with Gasteiger partial charge in [-0.25, -0.2) is 4.39 Å². The summed E-state index contributed by atoms with van der Waals surface area (Å²) < 4.78 is 19.1. The minimum absolute atomic E-state index is 0.0939. The Hall–Kier alpha value is -0.800. The van der Waals surface area contributed by atoms with Crippen LogP contribution in [-0.2, 0) is 0 Å². The van der Waals surface area contributed by atoms with Crippen LogP contribution >= 0.6 is 11.6 Å². The monoisotopic (exact) mass is 283 g/mol. The molecule has 1 N–H and O–H groups in total. The van der Waals surface area contributed by atoms with Crippen LogP contribution in [0.15, 0.2) is 18.2 Å². The number of hydrogen-bond acceptors (Lipinski definition) is 2. The van der Waals surface area contributed by atoms with Crippen LogP contribution in [-0.4, -0.2) is 18.2 Å². The first kappa shape index (κ1) is 13.2. The Bertz CT molecular complexity index is 457. The first-order valence-corrected chi connectivity index (χ1v) is 7.42. The number of ether oxygens (including phenoxy) is 1. The number of benzene rings is 1. The van der Waals surface area contributed by atoms with E-state index in [0.717, 1.165) is 31.8 Å². The van der Waals surface area contributed by atoms with Crippen molar-refractivity contribution in [1.29, 1.82) is 0 Å². The normalized spacial score (nSPS) is 20.9. The molecule has 104 valence electrons. The molecule has 2 aliphatic carbocycles. The van der Waals surface area contributed by atoms with Crippen molar-refractivity contribution in [3.63, 3.8) is 0 Å². The van der Waals surface area contributed by atoms with Crippen molar-refractivity contribution in [3.8, 4) is 5.75 Å². The van der Waals surface area contributed by atoms with E-state index >= 15 is 0 Å². The fourth-order valence-corrected chi connectivity index (χ4v) is 2.76. The molecule has 0 aliphatic heterocycles. The number of rotatable bonds is 6. The highest BCUT2D eigenvalue weighted by Crippen LogP contribution is 2.41. The van der Waals surface area contributed by atoms with E-state index in [9.17, 15) is 4.39 Å². The van der Waals surface area contributed by atoms with Gasteiger partial charge in [0, 0.05) is 6.04 Å². The minimum atomic E-state index is -0.324. The molecule has 0 unspecified atom stereocenters. The third-order valence-corrected chi connectivity index (χ3v) is 4.37. The second-order valence-corrected chi connectivity index (χ2v) is 6.10. The quantitative estimate of drug-likeness (QED) is 0.854. The molecule has 2 fully saturated rings. The molecule has 1 aromatic carbocycles. The second kappa shape index (κ2) is 5.29. The third kappa shape index (κ3) is 3.21. The predicted octanol–water partition coefficient (Wildman–Crippen LogP) is 3.92. The highest BCUT2D eigenvalue weighted by Gasteiger charge is 2.39. The van der Waals surface area contributed by atoms with Crippen molar-refractivity contribution >= 4 is 11.6 Å². The molecule has 4 heteroatoms. The molecule has 2 saturated carbocycles. The maximum absolute atomic E-state index is 13.0. The standard InChI is InChI=1S/C15H19ClFNO/c16-13-10-11(17)2-5-14(13)19-15(6-1-7-15)8-9-18-12-3-4-12/h2,5,10,12,18H,1,3-4,6-9H2. The van der Waals surface area contributed by atoms with E-state index in [4.69, 9.17) is 16.3 Å². The zero-order valence-electron chi connectivity index (χ0n) is 10.9. The van der Waals surface area contributed by atoms with E-state index in [1.165, 1.54) is 31.4 Å². The fraction of sp³-hybridized carbons (Fsp3) is 0.600. The van der Waals surface area contributed by atoms with E-state index in [1.807, 2.05) is 0 Å². The molecule has 0 heterocycles. The Kier molecular flexibility index (Phi) is 3.68. The molecule has 0 spiro atoms. The lowest BCUT2D eigenvalue weighted by atomic mass is 9.77. The van der Waals surface area contributed by atoms with Crippen LogP contribution in [0.5, 0.6) is 5.75 Å². The van der Waals surface area contributed by atoms with Crippen LogP contribution in [0.1, 0.15) is 38.5 Å². The first-order chi connectivity index (χ1) is 9.17. The maximum atomic E-state index is 13.0. The SMILES string of the molecule is Fc1ccc(OC2(CCNC3CC3)CCC2)c(Cl)c1. The molecule has 0 atom stereocenters. The van der Waals surface area contributed by atoms with Crippen LogP contribution in [0.25, 0.3) is 0 Å². The minimum Gasteiger partial charge on any atom is -0.486 e. The Morgan fingerprint density at radius 2 is 2.16 bits per heavy atom. The van der Waals surface area contributed by atoms with Crippen molar-refractivity contribution < 1.29 is 9.13 Å². The molecule has 1 aromatic rings. The van der Waals surface area contributed by atoms with Crippen LogP contribution < -0.4 is 10.1 Å². The van der Waals surface area contributed by atoms with E-state index in [2.05, 4.69) is 5.32 Å². The molecule has 0 amide bonds. The summed E-state index contributed by atoms with van der Waals surface area (Å²) in [7, 11) is 0. The van der Waals surface area contributed by atoms with E-state index in [1.54, 1.807) is 6.07 Å². The van der Waals surface area contributed by atoms with Crippen molar-refractivity contribution in [2.75, 3.05) is 6.54 Å². The number of nitrogens with one attached hydrogen (secondary N) is 1. The topological polar surface area (TPSA) is 21.3 Å². The predicted molar refractivity (Wildman–Crippen MR) is 74.3 cm³/mol. The van der Waals surface area contributed by atoms with Gasteiger partial charge in [-0.2, -0.15) is 0 Å². The largest absolute Gasteiger partial charge is 0.486 e. The summed E-state index contributed by atoms with van der Waals surface area (Å²) in [5.41, 5.74) is -0.0939. The molecule has 2 nitrogen and oxygen atoms in total. The van der Waals surface area contributed by atoms with Crippen molar-refractivity contribution in [1.82, 2.24) is 5.32 Å². The fourth-order valence-electron chi connectivity index (χ4n) is 2.56. The molecular formula is C15H19ClFNO. The van der Waals surface area contributed by atoms with Gasteiger partial charge in [0.15, 0.2) is 0 Å². The van der Waals surface area contributed by atoms with Gasteiger partial charge in [0.1, 0.15) is 17.2 Å². The van der Waals surface area contributed by atoms with Gasteiger partial charge in [-0.15, -0.1) is 0 Å². The summed E-state index contributed by atoms with van der Waals surface area (Å²) in [6, 6.07) is 5.07. The Morgan fingerprint density at radius 3 is 2.74 bits per heavy atom.